The van der Waals surface area contributed by atoms with Crippen molar-refractivity contribution in [3.05, 3.63) is 90.0 Å². The highest BCUT2D eigenvalue weighted by Crippen LogP contribution is 2.37. The van der Waals surface area contributed by atoms with Gasteiger partial charge in [-0.2, -0.15) is 8.78 Å². The molecule has 2 aromatic rings. The van der Waals surface area contributed by atoms with E-state index in [2.05, 4.69) is 16.3 Å². The number of alkyl halides is 3. The molecule has 0 bridgehead atoms. The molecule has 2 aliphatic heterocycles. The maximum atomic E-state index is 14.6. The number of aliphatic hydroxyl groups is 1. The van der Waals surface area contributed by atoms with Gasteiger partial charge in [-0.1, -0.05) is 35.2 Å². The van der Waals surface area contributed by atoms with Crippen LogP contribution >= 0.6 is 22.6 Å². The van der Waals surface area contributed by atoms with Gasteiger partial charge in [0.25, 0.3) is 5.91 Å². The van der Waals surface area contributed by atoms with Crippen molar-refractivity contribution >= 4 is 34.4 Å². The molecule has 2 amide bonds. The molecule has 0 saturated carbocycles. The fourth-order valence-electron chi connectivity index (χ4n) is 4.05. The first-order valence-electron chi connectivity index (χ1n) is 11.5. The Morgan fingerprint density at radius 2 is 2.00 bits per heavy atom. The van der Waals surface area contributed by atoms with Gasteiger partial charge in [0.2, 0.25) is 5.91 Å². The second kappa shape index (κ2) is 11.6. The van der Waals surface area contributed by atoms with Gasteiger partial charge in [0.1, 0.15) is 23.0 Å². The van der Waals surface area contributed by atoms with Gasteiger partial charge in [-0.25, -0.2) is 4.39 Å². The molecule has 1 atom stereocenters. The topological polar surface area (TPSA) is 92.2 Å². The van der Waals surface area contributed by atoms with Crippen molar-refractivity contribution in [3.8, 4) is 11.5 Å². The highest BCUT2D eigenvalue weighted by atomic mass is 127. The molecule has 0 aliphatic carbocycles. The van der Waals surface area contributed by atoms with E-state index in [1.165, 1.54) is 41.4 Å². The number of aromatic nitrogens is 1. The van der Waals surface area contributed by atoms with Gasteiger partial charge >= 0.3 is 6.11 Å². The number of halogens is 4. The standard InChI is InChI=1S/C26H23F3IN3O5/c1-2-26(28,29)38-19-5-3-4-18(13-19)37-22-7-6-16-12-21(30)24(35)32(10-11-34)25(36)23(16)33(22)15-17-8-9-31-14-20(17)27/h2-5,7-9,13-14,21,34H,1,6,10-12,15H2. The predicted molar refractivity (Wildman–Crippen MR) is 139 cm³/mol. The third-order valence-electron chi connectivity index (χ3n) is 5.83. The molecule has 8 nitrogen and oxygen atoms in total. The summed E-state index contributed by atoms with van der Waals surface area (Å²) in [5.41, 5.74) is 0.979. The van der Waals surface area contributed by atoms with E-state index in [4.69, 9.17) is 4.74 Å². The van der Waals surface area contributed by atoms with Gasteiger partial charge in [0.15, 0.2) is 5.88 Å². The predicted octanol–water partition coefficient (Wildman–Crippen LogP) is 4.31. The molecule has 0 spiro atoms. The summed E-state index contributed by atoms with van der Waals surface area (Å²) in [7, 11) is 0. The van der Waals surface area contributed by atoms with E-state index in [9.17, 15) is 27.9 Å². The Morgan fingerprint density at radius 1 is 1.24 bits per heavy atom. The Hall–Kier alpha value is -3.39. The number of rotatable bonds is 9. The largest absolute Gasteiger partial charge is 0.441 e. The van der Waals surface area contributed by atoms with Crippen LogP contribution in [0.1, 0.15) is 18.4 Å². The molecule has 1 aromatic carbocycles. The zero-order valence-corrected chi connectivity index (χ0v) is 22.1. The van der Waals surface area contributed by atoms with Gasteiger partial charge in [0, 0.05) is 23.9 Å². The molecule has 4 rings (SSSR count). The number of allylic oxidation sites excluding steroid dienone is 2. The van der Waals surface area contributed by atoms with Crippen LogP contribution in [-0.2, 0) is 16.1 Å². The average Bonchev–Trinajstić information content (AvgIpc) is 2.97. The lowest BCUT2D eigenvalue weighted by atomic mass is 10.0. The average molecular weight is 641 g/mol. The molecule has 1 N–H and O–H groups in total. The van der Waals surface area contributed by atoms with Crippen LogP contribution in [0.4, 0.5) is 13.2 Å². The van der Waals surface area contributed by atoms with Crippen LogP contribution in [0.2, 0.25) is 0 Å². The SMILES string of the molecule is C=CC(F)(F)Oc1cccc(OC2=CCC3=C(C(=O)N(CCO)C(=O)C(I)C3)N2Cc2ccncc2F)c1. The first-order valence-corrected chi connectivity index (χ1v) is 12.7. The van der Waals surface area contributed by atoms with Gasteiger partial charge in [-0.15, -0.1) is 0 Å². The summed E-state index contributed by atoms with van der Waals surface area (Å²) in [5.74, 6) is -1.64. The molecule has 0 fully saturated rings. The second-order valence-corrected chi connectivity index (χ2v) is 9.89. The van der Waals surface area contributed by atoms with Crippen molar-refractivity contribution in [2.75, 3.05) is 13.2 Å². The van der Waals surface area contributed by atoms with Crippen LogP contribution in [0.3, 0.4) is 0 Å². The van der Waals surface area contributed by atoms with Crippen LogP contribution in [0.25, 0.3) is 0 Å². The summed E-state index contributed by atoms with van der Waals surface area (Å²) in [4.78, 5) is 32.7. The van der Waals surface area contributed by atoms with E-state index >= 15 is 0 Å². The lowest BCUT2D eigenvalue weighted by Gasteiger charge is -2.34. The van der Waals surface area contributed by atoms with Crippen LogP contribution in [-0.4, -0.2) is 54.9 Å². The number of carbonyl (C=O) groups excluding carboxylic acids is 2. The summed E-state index contributed by atoms with van der Waals surface area (Å²) in [5, 5.41) is 9.49. The Morgan fingerprint density at radius 3 is 2.71 bits per heavy atom. The number of benzene rings is 1. The lowest BCUT2D eigenvalue weighted by Crippen LogP contribution is -2.45. The highest BCUT2D eigenvalue weighted by molar-refractivity contribution is 14.1. The quantitative estimate of drug-likeness (QED) is 0.189. The second-order valence-electron chi connectivity index (χ2n) is 8.39. The molecule has 1 aromatic heterocycles. The van der Waals surface area contributed by atoms with Crippen molar-refractivity contribution in [1.29, 1.82) is 0 Å². The number of hydrogen-bond donors (Lipinski definition) is 1. The van der Waals surface area contributed by atoms with Crippen molar-refractivity contribution in [3.63, 3.8) is 0 Å². The summed E-state index contributed by atoms with van der Waals surface area (Å²) in [6.07, 6.45) is 1.40. The fraction of sp³-hybridized carbons (Fsp3) is 0.269. The number of amides is 2. The van der Waals surface area contributed by atoms with Crippen LogP contribution < -0.4 is 9.47 Å². The van der Waals surface area contributed by atoms with Crippen molar-refractivity contribution in [2.24, 2.45) is 0 Å². The van der Waals surface area contributed by atoms with Crippen molar-refractivity contribution < 1.29 is 37.3 Å². The maximum absolute atomic E-state index is 14.6. The van der Waals surface area contributed by atoms with Gasteiger partial charge < -0.3 is 19.5 Å². The van der Waals surface area contributed by atoms with Crippen LogP contribution in [0, 0.1) is 5.82 Å². The Labute approximate surface area is 230 Å². The zero-order valence-electron chi connectivity index (χ0n) is 19.9. The maximum Gasteiger partial charge on any atom is 0.419 e. The monoisotopic (exact) mass is 641 g/mol. The normalized spacial score (nSPS) is 18.1. The van der Waals surface area contributed by atoms with Crippen LogP contribution in [0.5, 0.6) is 11.5 Å². The summed E-state index contributed by atoms with van der Waals surface area (Å²) >= 11 is 1.96. The van der Waals surface area contributed by atoms with E-state index in [1.807, 2.05) is 22.6 Å². The number of pyridine rings is 1. The minimum atomic E-state index is -3.60. The number of ether oxygens (including phenoxy) is 2. The molecule has 2 aliphatic rings. The molecule has 0 radical (unpaired) electrons. The highest BCUT2D eigenvalue weighted by Gasteiger charge is 2.40. The van der Waals surface area contributed by atoms with Gasteiger partial charge in [-0.05, 0) is 42.7 Å². The van der Waals surface area contributed by atoms with E-state index in [0.717, 1.165) is 11.1 Å². The Kier molecular flexibility index (Phi) is 8.41. The van der Waals surface area contributed by atoms with Crippen molar-refractivity contribution in [1.82, 2.24) is 14.8 Å². The smallest absolute Gasteiger partial charge is 0.419 e. The summed E-state index contributed by atoms with van der Waals surface area (Å²) in [6, 6.07) is 6.96. The third-order valence-corrected chi connectivity index (χ3v) is 6.80. The first kappa shape index (κ1) is 27.6. The summed E-state index contributed by atoms with van der Waals surface area (Å²) < 4.78 is 52.1. The van der Waals surface area contributed by atoms with E-state index in [-0.39, 0.29) is 54.6 Å². The number of β-amino-alcohol motifs (C(OH)–C–C–N with tert-alkyl or cyclic N) is 1. The number of carbonyl (C=O) groups is 2. The van der Waals surface area contributed by atoms with Crippen LogP contribution in [0.15, 0.2) is 78.6 Å². The van der Waals surface area contributed by atoms with Gasteiger partial charge in [-0.3, -0.25) is 19.5 Å². The third kappa shape index (κ3) is 6.01. The lowest BCUT2D eigenvalue weighted by molar-refractivity contribution is -0.143. The molecule has 12 heteroatoms. The molecule has 38 heavy (non-hydrogen) atoms. The van der Waals surface area contributed by atoms with E-state index < -0.39 is 34.3 Å². The molecular weight excluding hydrogens is 618 g/mol. The summed E-state index contributed by atoms with van der Waals surface area (Å²) in [6.45, 7) is 2.26. The Bertz CT molecular complexity index is 1320. The fourth-order valence-corrected chi connectivity index (χ4v) is 4.92. The minimum Gasteiger partial charge on any atom is -0.441 e. The molecule has 200 valence electrons. The minimum absolute atomic E-state index is 0.119. The van der Waals surface area contributed by atoms with Gasteiger partial charge in [0.05, 0.1) is 29.8 Å². The van der Waals surface area contributed by atoms with E-state index in [1.54, 1.807) is 6.08 Å². The zero-order chi connectivity index (χ0) is 27.4. The molecular formula is C26H23F3IN3O5. The number of nitrogens with zero attached hydrogens (tertiary/aromatic N) is 3. The number of aliphatic hydroxyl groups excluding tert-OH is 1. The molecule has 3 heterocycles. The molecule has 0 saturated heterocycles. The molecule has 1 unspecified atom stereocenters. The van der Waals surface area contributed by atoms with E-state index in [0.29, 0.717) is 11.6 Å². The first-order chi connectivity index (χ1) is 18.1. The number of imide groups is 1. The van der Waals surface area contributed by atoms with Crippen molar-refractivity contribution in [2.45, 2.75) is 29.4 Å². The Balaban J connectivity index is 1.73. The number of hydrogen-bond acceptors (Lipinski definition) is 7.